The van der Waals surface area contributed by atoms with E-state index in [0.29, 0.717) is 41.5 Å². The van der Waals surface area contributed by atoms with E-state index in [1.165, 1.54) is 4.90 Å². The lowest BCUT2D eigenvalue weighted by Gasteiger charge is -2.26. The molecule has 1 saturated heterocycles. The van der Waals surface area contributed by atoms with Gasteiger partial charge in [0.15, 0.2) is 0 Å². The van der Waals surface area contributed by atoms with Crippen LogP contribution in [0.3, 0.4) is 0 Å². The maximum atomic E-state index is 13.3. The van der Waals surface area contributed by atoms with Crippen molar-refractivity contribution in [2.45, 2.75) is 26.8 Å². The Kier molecular flexibility index (Phi) is 6.68. The first kappa shape index (κ1) is 23.1. The molecule has 1 unspecified atom stereocenters. The second-order valence-corrected chi connectivity index (χ2v) is 7.94. The van der Waals surface area contributed by atoms with Crippen LogP contribution in [0.4, 0.5) is 5.69 Å². The molecule has 3 aromatic rings. The standard InChI is InChI=1S/C28H27NO5/c1-4-33-21-14-15-22(23(17-21)34-5-2)26(30)24-25(19-11-7-6-8-12-19)29(28(32)27(24)31)20-13-9-10-18(3)16-20/h6-17,25,30H,4-5H2,1-3H3/b26-24-. The molecule has 6 heteroatoms. The highest BCUT2D eigenvalue weighted by atomic mass is 16.5. The highest BCUT2D eigenvalue weighted by molar-refractivity contribution is 6.51. The molecule has 174 valence electrons. The third kappa shape index (κ3) is 4.27. The van der Waals surface area contributed by atoms with Gasteiger partial charge in [-0.3, -0.25) is 14.5 Å². The third-order valence-corrected chi connectivity index (χ3v) is 5.66. The van der Waals surface area contributed by atoms with Gasteiger partial charge in [-0.15, -0.1) is 0 Å². The number of aliphatic hydroxyl groups is 1. The first-order valence-electron chi connectivity index (χ1n) is 11.3. The zero-order chi connectivity index (χ0) is 24.2. The predicted octanol–water partition coefficient (Wildman–Crippen LogP) is 5.42. The van der Waals surface area contributed by atoms with Crippen LogP contribution in [0.15, 0.2) is 78.4 Å². The Balaban J connectivity index is 1.93. The Labute approximate surface area is 199 Å². The first-order chi connectivity index (χ1) is 16.5. The van der Waals surface area contributed by atoms with Crippen molar-refractivity contribution < 1.29 is 24.2 Å². The van der Waals surface area contributed by atoms with Crippen LogP contribution in [-0.2, 0) is 9.59 Å². The van der Waals surface area contributed by atoms with Crippen LogP contribution >= 0.6 is 0 Å². The molecule has 1 atom stereocenters. The number of hydrogen-bond acceptors (Lipinski definition) is 5. The Morgan fingerprint density at radius 3 is 2.32 bits per heavy atom. The summed E-state index contributed by atoms with van der Waals surface area (Å²) in [6, 6.07) is 20.9. The minimum atomic E-state index is -0.788. The fourth-order valence-electron chi connectivity index (χ4n) is 4.20. The van der Waals surface area contributed by atoms with Crippen LogP contribution in [0.5, 0.6) is 11.5 Å². The molecule has 1 N–H and O–H groups in total. The largest absolute Gasteiger partial charge is 0.507 e. The second kappa shape index (κ2) is 9.83. The minimum Gasteiger partial charge on any atom is -0.507 e. The molecule has 1 fully saturated rings. The van der Waals surface area contributed by atoms with Crippen LogP contribution in [0, 0.1) is 6.92 Å². The monoisotopic (exact) mass is 457 g/mol. The lowest BCUT2D eigenvalue weighted by molar-refractivity contribution is -0.132. The summed E-state index contributed by atoms with van der Waals surface area (Å²) in [6.07, 6.45) is 0. The van der Waals surface area contributed by atoms with E-state index in [0.717, 1.165) is 5.56 Å². The number of anilines is 1. The van der Waals surface area contributed by atoms with Crippen LogP contribution in [0.25, 0.3) is 5.76 Å². The number of rotatable bonds is 7. The van der Waals surface area contributed by atoms with Crippen LogP contribution < -0.4 is 14.4 Å². The number of aliphatic hydroxyl groups excluding tert-OH is 1. The van der Waals surface area contributed by atoms with Crippen molar-refractivity contribution in [1.82, 2.24) is 0 Å². The minimum absolute atomic E-state index is 0.0165. The van der Waals surface area contributed by atoms with Gasteiger partial charge in [0.05, 0.1) is 30.4 Å². The Morgan fingerprint density at radius 1 is 0.912 bits per heavy atom. The highest BCUT2D eigenvalue weighted by Gasteiger charge is 2.47. The summed E-state index contributed by atoms with van der Waals surface area (Å²) in [7, 11) is 0. The number of benzene rings is 3. The molecule has 0 aromatic heterocycles. The lowest BCUT2D eigenvalue weighted by atomic mass is 9.94. The van der Waals surface area contributed by atoms with Crippen LogP contribution in [0.2, 0.25) is 0 Å². The molecule has 1 amide bonds. The zero-order valence-electron chi connectivity index (χ0n) is 19.4. The van der Waals surface area contributed by atoms with Crippen LogP contribution in [0.1, 0.15) is 36.6 Å². The highest BCUT2D eigenvalue weighted by Crippen LogP contribution is 2.43. The van der Waals surface area contributed by atoms with E-state index in [1.54, 1.807) is 24.3 Å². The molecule has 3 aromatic carbocycles. The summed E-state index contributed by atoms with van der Waals surface area (Å²) in [4.78, 5) is 28.1. The van der Waals surface area contributed by atoms with Crippen molar-refractivity contribution in [3.8, 4) is 11.5 Å². The van der Waals surface area contributed by atoms with Gasteiger partial charge in [-0.2, -0.15) is 0 Å². The summed E-state index contributed by atoms with van der Waals surface area (Å²) in [5.74, 6) is -0.759. The normalized spacial score (nSPS) is 17.1. The van der Waals surface area contributed by atoms with Gasteiger partial charge in [0.1, 0.15) is 17.3 Å². The molecule has 0 aliphatic carbocycles. The second-order valence-electron chi connectivity index (χ2n) is 7.94. The van der Waals surface area contributed by atoms with Crippen molar-refractivity contribution >= 4 is 23.1 Å². The molecule has 34 heavy (non-hydrogen) atoms. The number of hydrogen-bond donors (Lipinski definition) is 1. The van der Waals surface area contributed by atoms with E-state index in [9.17, 15) is 14.7 Å². The van der Waals surface area contributed by atoms with Crippen LogP contribution in [-0.4, -0.2) is 30.0 Å². The number of ether oxygens (including phenoxy) is 2. The molecule has 1 heterocycles. The summed E-state index contributed by atoms with van der Waals surface area (Å²) in [5.41, 5.74) is 2.60. The average molecular weight is 458 g/mol. The number of aryl methyl sites for hydroxylation is 1. The van der Waals surface area contributed by atoms with E-state index in [2.05, 4.69) is 0 Å². The quantitative estimate of drug-likeness (QED) is 0.291. The number of amides is 1. The summed E-state index contributed by atoms with van der Waals surface area (Å²) >= 11 is 0. The Bertz CT molecular complexity index is 1250. The third-order valence-electron chi connectivity index (χ3n) is 5.66. The topological polar surface area (TPSA) is 76.1 Å². The number of Topliss-reactive ketones (excluding diaryl/α,β-unsaturated/α-hetero) is 1. The fourth-order valence-corrected chi connectivity index (χ4v) is 4.20. The van der Waals surface area contributed by atoms with Gasteiger partial charge in [-0.1, -0.05) is 42.5 Å². The first-order valence-corrected chi connectivity index (χ1v) is 11.3. The number of carbonyl (C=O) groups is 2. The number of carbonyl (C=O) groups excluding carboxylic acids is 2. The molecule has 0 radical (unpaired) electrons. The number of ketones is 1. The van der Waals surface area contributed by atoms with E-state index in [1.807, 2.05) is 69.3 Å². The molecule has 6 nitrogen and oxygen atoms in total. The summed E-state index contributed by atoms with van der Waals surface area (Å²) in [6.45, 7) is 6.46. The zero-order valence-corrected chi connectivity index (χ0v) is 19.4. The van der Waals surface area contributed by atoms with Gasteiger partial charge < -0.3 is 14.6 Å². The predicted molar refractivity (Wildman–Crippen MR) is 131 cm³/mol. The van der Waals surface area contributed by atoms with Gasteiger partial charge in [-0.05, 0) is 56.2 Å². The van der Waals surface area contributed by atoms with Gasteiger partial charge in [0.2, 0.25) is 0 Å². The average Bonchev–Trinajstić information content (AvgIpc) is 3.10. The van der Waals surface area contributed by atoms with Crippen molar-refractivity contribution in [1.29, 1.82) is 0 Å². The van der Waals surface area contributed by atoms with Gasteiger partial charge in [-0.25, -0.2) is 0 Å². The van der Waals surface area contributed by atoms with Crippen molar-refractivity contribution in [3.05, 3.63) is 95.1 Å². The van der Waals surface area contributed by atoms with Crippen molar-refractivity contribution in [3.63, 3.8) is 0 Å². The van der Waals surface area contributed by atoms with Gasteiger partial charge >= 0.3 is 0 Å². The molecular weight excluding hydrogens is 430 g/mol. The Hall–Kier alpha value is -4.06. The van der Waals surface area contributed by atoms with Crippen molar-refractivity contribution in [2.75, 3.05) is 18.1 Å². The molecule has 1 aliphatic rings. The van der Waals surface area contributed by atoms with Crippen molar-refractivity contribution in [2.24, 2.45) is 0 Å². The van der Waals surface area contributed by atoms with E-state index in [4.69, 9.17) is 9.47 Å². The van der Waals surface area contributed by atoms with E-state index in [-0.39, 0.29) is 11.3 Å². The molecule has 1 aliphatic heterocycles. The molecule has 4 rings (SSSR count). The Morgan fingerprint density at radius 2 is 1.65 bits per heavy atom. The summed E-state index contributed by atoms with van der Waals surface area (Å²) < 4.78 is 11.3. The fraction of sp³-hybridized carbons (Fsp3) is 0.214. The number of nitrogens with zero attached hydrogens (tertiary/aromatic N) is 1. The smallest absolute Gasteiger partial charge is 0.300 e. The molecular formula is C28H27NO5. The SMILES string of the molecule is CCOc1ccc(/C(O)=C2/C(=O)C(=O)N(c3cccc(C)c3)C2c2ccccc2)c(OCC)c1. The van der Waals surface area contributed by atoms with E-state index < -0.39 is 17.7 Å². The maximum Gasteiger partial charge on any atom is 0.300 e. The molecule has 0 bridgehead atoms. The molecule has 0 spiro atoms. The van der Waals surface area contributed by atoms with Gasteiger partial charge in [0, 0.05) is 11.8 Å². The molecule has 0 saturated carbocycles. The lowest BCUT2D eigenvalue weighted by Crippen LogP contribution is -2.29. The maximum absolute atomic E-state index is 13.3. The summed E-state index contributed by atoms with van der Waals surface area (Å²) in [5, 5.41) is 11.4. The van der Waals surface area contributed by atoms with E-state index >= 15 is 0 Å². The van der Waals surface area contributed by atoms with Gasteiger partial charge in [0.25, 0.3) is 11.7 Å².